The number of hydrogen-bond donors (Lipinski definition) is 2. The van der Waals surface area contributed by atoms with E-state index in [1.165, 1.54) is 12.8 Å². The third-order valence-corrected chi connectivity index (χ3v) is 6.06. The van der Waals surface area contributed by atoms with Gasteiger partial charge in [0.05, 0.1) is 0 Å². The first kappa shape index (κ1) is 13.3. The summed E-state index contributed by atoms with van der Waals surface area (Å²) < 4.78 is 0. The number of aliphatic carboxylic acids is 1. The van der Waals surface area contributed by atoms with Crippen molar-refractivity contribution in [3.63, 3.8) is 0 Å². The maximum atomic E-state index is 12.4. The number of rotatable bonds is 3. The van der Waals surface area contributed by atoms with Crippen molar-refractivity contribution in [1.82, 2.24) is 5.32 Å². The van der Waals surface area contributed by atoms with E-state index in [0.717, 1.165) is 24.3 Å². The molecule has 1 aliphatic heterocycles. The summed E-state index contributed by atoms with van der Waals surface area (Å²) in [6, 6.07) is 0. The average molecular weight is 283 g/mol. The van der Waals surface area contributed by atoms with Crippen molar-refractivity contribution in [2.45, 2.75) is 44.1 Å². The second-order valence-corrected chi connectivity index (χ2v) is 7.35. The van der Waals surface area contributed by atoms with Gasteiger partial charge in [-0.2, -0.15) is 11.8 Å². The van der Waals surface area contributed by atoms with E-state index in [2.05, 4.69) is 5.32 Å². The Kier molecular flexibility index (Phi) is 3.50. The molecule has 4 nitrogen and oxygen atoms in total. The van der Waals surface area contributed by atoms with Crippen LogP contribution in [-0.2, 0) is 9.59 Å². The lowest BCUT2D eigenvalue weighted by molar-refractivity contribution is -0.148. The van der Waals surface area contributed by atoms with Crippen LogP contribution in [0.3, 0.4) is 0 Å². The van der Waals surface area contributed by atoms with Crippen molar-refractivity contribution in [1.29, 1.82) is 0 Å². The fourth-order valence-electron chi connectivity index (χ4n) is 3.81. The molecule has 0 spiro atoms. The molecular weight excluding hydrogens is 262 g/mol. The Balaban J connectivity index is 1.65. The van der Waals surface area contributed by atoms with Crippen LogP contribution in [0.5, 0.6) is 0 Å². The summed E-state index contributed by atoms with van der Waals surface area (Å²) in [4.78, 5) is 23.9. The van der Waals surface area contributed by atoms with Crippen LogP contribution in [0, 0.1) is 17.8 Å². The van der Waals surface area contributed by atoms with Gasteiger partial charge in [0.25, 0.3) is 0 Å². The highest BCUT2D eigenvalue weighted by Gasteiger charge is 2.56. The maximum absolute atomic E-state index is 12.4. The zero-order chi connectivity index (χ0) is 13.5. The van der Waals surface area contributed by atoms with Crippen molar-refractivity contribution in [2.75, 3.05) is 11.5 Å². The molecule has 0 aromatic carbocycles. The molecule has 1 saturated heterocycles. The second-order valence-electron chi connectivity index (χ2n) is 6.13. The van der Waals surface area contributed by atoms with Gasteiger partial charge < -0.3 is 10.4 Å². The van der Waals surface area contributed by atoms with Crippen LogP contribution in [0.4, 0.5) is 0 Å². The van der Waals surface area contributed by atoms with E-state index in [4.69, 9.17) is 0 Å². The highest BCUT2D eigenvalue weighted by atomic mass is 32.2. The zero-order valence-corrected chi connectivity index (χ0v) is 11.9. The smallest absolute Gasteiger partial charge is 0.329 e. The van der Waals surface area contributed by atoms with Crippen LogP contribution in [0.1, 0.15) is 38.5 Å². The standard InChI is InChI=1S/C14H21NO3S/c16-12(11-9-3-1-2-4-10(9)11)15-14(13(17)18)5-7-19-8-6-14/h9-11H,1-8H2,(H,15,16)(H,17,18). The van der Waals surface area contributed by atoms with E-state index in [0.29, 0.717) is 24.7 Å². The molecule has 5 heteroatoms. The van der Waals surface area contributed by atoms with Gasteiger partial charge in [0.2, 0.25) is 5.91 Å². The predicted octanol–water partition coefficient (Wildman–Crippen LogP) is 1.89. The molecule has 0 radical (unpaired) electrons. The van der Waals surface area contributed by atoms with E-state index in [1.54, 1.807) is 11.8 Å². The van der Waals surface area contributed by atoms with Crippen LogP contribution in [0.15, 0.2) is 0 Å². The van der Waals surface area contributed by atoms with Gasteiger partial charge in [0.15, 0.2) is 0 Å². The number of fused-ring (bicyclic) bond motifs is 1. The third-order valence-electron chi connectivity index (χ3n) is 5.08. The van der Waals surface area contributed by atoms with Gasteiger partial charge in [-0.1, -0.05) is 12.8 Å². The fraction of sp³-hybridized carbons (Fsp3) is 0.857. The molecule has 2 atom stereocenters. The molecule has 2 aliphatic carbocycles. The minimum atomic E-state index is -0.992. The Morgan fingerprint density at radius 1 is 1.11 bits per heavy atom. The Bertz CT molecular complexity index is 380. The van der Waals surface area contributed by atoms with E-state index in [1.807, 2.05) is 0 Å². The molecule has 2 unspecified atom stereocenters. The normalized spacial score (nSPS) is 36.1. The molecule has 0 aromatic rings. The first-order valence-electron chi connectivity index (χ1n) is 7.27. The summed E-state index contributed by atoms with van der Waals surface area (Å²) in [5.41, 5.74) is -0.992. The molecular formula is C14H21NO3S. The lowest BCUT2D eigenvalue weighted by Gasteiger charge is -2.33. The highest BCUT2D eigenvalue weighted by Crippen LogP contribution is 2.55. The number of carbonyl (C=O) groups excluding carboxylic acids is 1. The first-order valence-corrected chi connectivity index (χ1v) is 8.43. The molecule has 106 valence electrons. The van der Waals surface area contributed by atoms with E-state index < -0.39 is 11.5 Å². The molecule has 3 aliphatic rings. The summed E-state index contributed by atoms with van der Waals surface area (Å²) >= 11 is 1.77. The summed E-state index contributed by atoms with van der Waals surface area (Å²) in [5.74, 6) is 1.98. The van der Waals surface area contributed by atoms with E-state index in [9.17, 15) is 14.7 Å². The molecule has 19 heavy (non-hydrogen) atoms. The molecule has 0 bridgehead atoms. The molecule has 0 aromatic heterocycles. The number of carboxylic acids is 1. The van der Waals surface area contributed by atoms with Gasteiger partial charge in [-0.15, -0.1) is 0 Å². The summed E-state index contributed by atoms with van der Waals surface area (Å²) in [7, 11) is 0. The van der Waals surface area contributed by atoms with Gasteiger partial charge in [-0.05, 0) is 49.0 Å². The monoisotopic (exact) mass is 283 g/mol. The van der Waals surface area contributed by atoms with Crippen molar-refractivity contribution < 1.29 is 14.7 Å². The van der Waals surface area contributed by atoms with Gasteiger partial charge in [0.1, 0.15) is 5.54 Å². The average Bonchev–Trinajstić information content (AvgIpc) is 3.14. The third kappa shape index (κ3) is 2.37. The largest absolute Gasteiger partial charge is 0.480 e. The Morgan fingerprint density at radius 2 is 1.68 bits per heavy atom. The van der Waals surface area contributed by atoms with Crippen LogP contribution >= 0.6 is 11.8 Å². The van der Waals surface area contributed by atoms with Crippen molar-refractivity contribution >= 4 is 23.6 Å². The summed E-state index contributed by atoms with van der Waals surface area (Å²) in [6.07, 6.45) is 5.87. The van der Waals surface area contributed by atoms with Gasteiger partial charge in [-0.3, -0.25) is 4.79 Å². The molecule has 1 heterocycles. The first-order chi connectivity index (χ1) is 9.14. The predicted molar refractivity (Wildman–Crippen MR) is 74.0 cm³/mol. The minimum absolute atomic E-state index is 0.00574. The zero-order valence-electron chi connectivity index (χ0n) is 11.1. The number of hydrogen-bond acceptors (Lipinski definition) is 3. The quantitative estimate of drug-likeness (QED) is 0.830. The molecule has 2 saturated carbocycles. The van der Waals surface area contributed by atoms with Crippen LogP contribution in [0.25, 0.3) is 0 Å². The number of carbonyl (C=O) groups is 2. The lowest BCUT2D eigenvalue weighted by atomic mass is 9.92. The lowest BCUT2D eigenvalue weighted by Crippen LogP contribution is -2.57. The minimum Gasteiger partial charge on any atom is -0.480 e. The SMILES string of the molecule is O=C(NC1(C(=O)O)CCSCC1)C1C2CCCCC21. The van der Waals surface area contributed by atoms with E-state index in [-0.39, 0.29) is 11.8 Å². The number of carboxylic acid groups (broad SMARTS) is 1. The van der Waals surface area contributed by atoms with Gasteiger partial charge in [-0.25, -0.2) is 4.79 Å². The van der Waals surface area contributed by atoms with Crippen LogP contribution < -0.4 is 5.32 Å². The Morgan fingerprint density at radius 3 is 2.21 bits per heavy atom. The Labute approximate surface area is 117 Å². The number of thioether (sulfide) groups is 1. The van der Waals surface area contributed by atoms with Crippen LogP contribution in [-0.4, -0.2) is 34.0 Å². The maximum Gasteiger partial charge on any atom is 0.329 e. The topological polar surface area (TPSA) is 66.4 Å². The van der Waals surface area contributed by atoms with Crippen LogP contribution in [0.2, 0.25) is 0 Å². The van der Waals surface area contributed by atoms with Crippen molar-refractivity contribution in [3.8, 4) is 0 Å². The van der Waals surface area contributed by atoms with Gasteiger partial charge in [0, 0.05) is 5.92 Å². The second kappa shape index (κ2) is 5.00. The molecule has 1 amide bonds. The molecule has 3 rings (SSSR count). The number of nitrogens with one attached hydrogen (secondary N) is 1. The number of amides is 1. The van der Waals surface area contributed by atoms with Gasteiger partial charge >= 0.3 is 5.97 Å². The summed E-state index contributed by atoms with van der Waals surface area (Å²) in [5, 5.41) is 12.4. The van der Waals surface area contributed by atoms with E-state index >= 15 is 0 Å². The van der Waals surface area contributed by atoms with Crippen molar-refractivity contribution in [3.05, 3.63) is 0 Å². The highest BCUT2D eigenvalue weighted by molar-refractivity contribution is 7.99. The Hall–Kier alpha value is -0.710. The fourth-order valence-corrected chi connectivity index (χ4v) is 5.00. The summed E-state index contributed by atoms with van der Waals surface area (Å²) in [6.45, 7) is 0. The molecule has 2 N–H and O–H groups in total. The molecule has 3 fully saturated rings. The van der Waals surface area contributed by atoms with Crippen molar-refractivity contribution in [2.24, 2.45) is 17.8 Å².